The predicted octanol–water partition coefficient (Wildman–Crippen LogP) is 0.348. The summed E-state index contributed by atoms with van der Waals surface area (Å²) in [5.74, 6) is -5.71. The zero-order chi connectivity index (χ0) is 29.9. The standard InChI is InChI=1S/C28H31N5O8/c1-16-7-6-10-22-23(16)32(17(2)34)14-21(31-25(37)24(36)18-8-4-3-5-9-18)26(38)33(22)13-19(35)12-29-28(15-30-41)11-20(28)27(39)40/h4-6,8,10,16,20-21,29H,3,7,11-15H2,1-2H3,(H,31,37)(H,39,40). The number of carboxylic acids is 1. The van der Waals surface area contributed by atoms with Gasteiger partial charge in [-0.05, 0) is 37.5 Å². The van der Waals surface area contributed by atoms with Gasteiger partial charge >= 0.3 is 5.97 Å². The van der Waals surface area contributed by atoms with E-state index < -0.39 is 53.4 Å². The summed E-state index contributed by atoms with van der Waals surface area (Å²) in [5, 5.41) is 17.4. The molecular formula is C28H31N5O8. The molecule has 216 valence electrons. The number of allylic oxidation sites excluding steroid dienone is 5. The highest BCUT2D eigenvalue weighted by Gasteiger charge is 2.59. The van der Waals surface area contributed by atoms with Crippen LogP contribution in [0, 0.1) is 16.7 Å². The number of carbonyl (C=O) groups is 6. The zero-order valence-electron chi connectivity index (χ0n) is 22.7. The van der Waals surface area contributed by atoms with Crippen LogP contribution in [0.5, 0.6) is 0 Å². The molecule has 4 aliphatic rings. The molecule has 0 bridgehead atoms. The second-order valence-electron chi connectivity index (χ2n) is 10.5. The summed E-state index contributed by atoms with van der Waals surface area (Å²) >= 11 is 0. The first-order chi connectivity index (χ1) is 19.5. The molecule has 4 rings (SSSR count). The molecule has 4 unspecified atom stereocenters. The fourth-order valence-electron chi connectivity index (χ4n) is 5.34. The minimum atomic E-state index is -1.34. The van der Waals surface area contributed by atoms with Crippen molar-refractivity contribution in [2.75, 3.05) is 26.2 Å². The van der Waals surface area contributed by atoms with Gasteiger partial charge in [-0.15, -0.1) is 5.73 Å². The lowest BCUT2D eigenvalue weighted by molar-refractivity contribution is -0.140. The second-order valence-corrected chi connectivity index (χ2v) is 10.5. The molecule has 0 aromatic heterocycles. The maximum absolute atomic E-state index is 13.8. The quantitative estimate of drug-likeness (QED) is 0.181. The van der Waals surface area contributed by atoms with E-state index in [9.17, 15) is 38.8 Å². The number of amides is 3. The van der Waals surface area contributed by atoms with E-state index >= 15 is 0 Å². The summed E-state index contributed by atoms with van der Waals surface area (Å²) in [6.45, 7) is 1.81. The lowest BCUT2D eigenvalue weighted by Gasteiger charge is -2.32. The van der Waals surface area contributed by atoms with Gasteiger partial charge in [-0.2, -0.15) is 4.91 Å². The van der Waals surface area contributed by atoms with Gasteiger partial charge in [0.25, 0.3) is 17.6 Å². The van der Waals surface area contributed by atoms with Gasteiger partial charge in [0.05, 0.1) is 42.4 Å². The van der Waals surface area contributed by atoms with Crippen molar-refractivity contribution in [3.8, 4) is 0 Å². The van der Waals surface area contributed by atoms with Gasteiger partial charge in [0.1, 0.15) is 12.6 Å². The van der Waals surface area contributed by atoms with E-state index in [4.69, 9.17) is 0 Å². The number of Topliss-reactive ketones (excluding diaryl/α,β-unsaturated/α-hetero) is 2. The predicted molar refractivity (Wildman–Crippen MR) is 143 cm³/mol. The van der Waals surface area contributed by atoms with Crippen LogP contribution in [0.25, 0.3) is 0 Å². The highest BCUT2D eigenvalue weighted by atomic mass is 16.4. The highest BCUT2D eigenvalue weighted by Crippen LogP contribution is 2.44. The van der Waals surface area contributed by atoms with Crippen LogP contribution in [0.3, 0.4) is 0 Å². The van der Waals surface area contributed by atoms with Crippen LogP contribution in [-0.4, -0.2) is 87.9 Å². The van der Waals surface area contributed by atoms with E-state index in [2.05, 4.69) is 21.5 Å². The topological polar surface area (TPSA) is 183 Å². The highest BCUT2D eigenvalue weighted by molar-refractivity contribution is 6.43. The van der Waals surface area contributed by atoms with E-state index in [1.165, 1.54) is 22.8 Å². The lowest BCUT2D eigenvalue weighted by atomic mass is 9.95. The molecule has 3 aliphatic carbocycles. The van der Waals surface area contributed by atoms with Gasteiger partial charge in [0.15, 0.2) is 5.78 Å². The van der Waals surface area contributed by atoms with Gasteiger partial charge in [0, 0.05) is 18.5 Å². The fraction of sp³-hybridized carbons (Fsp3) is 0.464. The van der Waals surface area contributed by atoms with Crippen molar-refractivity contribution in [1.82, 2.24) is 20.4 Å². The number of nitrogens with one attached hydrogen (secondary N) is 2. The van der Waals surface area contributed by atoms with Crippen molar-refractivity contribution >= 4 is 35.3 Å². The van der Waals surface area contributed by atoms with E-state index in [0.29, 0.717) is 24.2 Å². The SMILES string of the molecule is CC(=O)N1CC(NC(=O)C(=O)C2=C=CCC=C2)C(=O)N(CC(=O)CNC2(CN=O)CC2C(=O)O)C2=C1C(C)CC=C2. The average molecular weight is 566 g/mol. The number of carbonyl (C=O) groups excluding carboxylic acids is 5. The van der Waals surface area contributed by atoms with Crippen LogP contribution in [0.4, 0.5) is 0 Å². The molecule has 13 heteroatoms. The maximum atomic E-state index is 13.8. The number of rotatable bonds is 11. The second kappa shape index (κ2) is 11.9. The van der Waals surface area contributed by atoms with Crippen molar-refractivity contribution in [2.24, 2.45) is 17.0 Å². The van der Waals surface area contributed by atoms with E-state index in [1.54, 1.807) is 18.2 Å². The average Bonchev–Trinajstić information content (AvgIpc) is 3.68. The van der Waals surface area contributed by atoms with Gasteiger partial charge < -0.3 is 25.5 Å². The van der Waals surface area contributed by atoms with Crippen molar-refractivity contribution in [3.63, 3.8) is 0 Å². The largest absolute Gasteiger partial charge is 0.481 e. The Hall–Kier alpha value is -4.48. The van der Waals surface area contributed by atoms with E-state index in [1.807, 2.05) is 13.0 Å². The third-order valence-electron chi connectivity index (χ3n) is 7.63. The van der Waals surface area contributed by atoms with Crippen molar-refractivity contribution < 1.29 is 33.9 Å². The van der Waals surface area contributed by atoms with Crippen molar-refractivity contribution in [3.05, 3.63) is 58.0 Å². The molecule has 1 saturated carbocycles. The van der Waals surface area contributed by atoms with Crippen LogP contribution in [-0.2, 0) is 28.8 Å². The molecule has 0 spiro atoms. The smallest absolute Gasteiger partial charge is 0.308 e. The number of aliphatic carboxylic acids is 1. The Morgan fingerprint density at radius 2 is 1.95 bits per heavy atom. The van der Waals surface area contributed by atoms with Gasteiger partial charge in [-0.1, -0.05) is 24.3 Å². The first kappa shape index (κ1) is 29.5. The summed E-state index contributed by atoms with van der Waals surface area (Å²) < 4.78 is 0. The number of ketones is 2. The van der Waals surface area contributed by atoms with Crippen molar-refractivity contribution in [1.29, 1.82) is 0 Å². The first-order valence-corrected chi connectivity index (χ1v) is 13.2. The summed E-state index contributed by atoms with van der Waals surface area (Å²) in [5.41, 5.74) is 2.45. The Bertz CT molecular complexity index is 1370. The molecule has 1 fully saturated rings. The van der Waals surface area contributed by atoms with Crippen LogP contribution in [0.2, 0.25) is 0 Å². The summed E-state index contributed by atoms with van der Waals surface area (Å²) in [4.78, 5) is 90.2. The van der Waals surface area contributed by atoms with Gasteiger partial charge in [-0.25, -0.2) is 0 Å². The Labute approximate surface area is 235 Å². The number of hydrogen-bond donors (Lipinski definition) is 3. The molecule has 0 saturated heterocycles. The summed E-state index contributed by atoms with van der Waals surface area (Å²) in [6.07, 6.45) is 9.47. The monoisotopic (exact) mass is 565 g/mol. The maximum Gasteiger partial charge on any atom is 0.308 e. The molecule has 0 aromatic rings. The molecular weight excluding hydrogens is 534 g/mol. The summed E-state index contributed by atoms with van der Waals surface area (Å²) in [6, 6.07) is -1.34. The number of hydrogen-bond acceptors (Lipinski definition) is 9. The Morgan fingerprint density at radius 1 is 1.20 bits per heavy atom. The first-order valence-electron chi connectivity index (χ1n) is 13.2. The molecule has 3 amide bonds. The zero-order valence-corrected chi connectivity index (χ0v) is 22.7. The minimum Gasteiger partial charge on any atom is -0.481 e. The van der Waals surface area contributed by atoms with Gasteiger partial charge in [0.2, 0.25) is 5.91 Å². The molecule has 1 aliphatic heterocycles. The Balaban J connectivity index is 1.59. The van der Waals surface area contributed by atoms with E-state index in [-0.39, 0.29) is 43.5 Å². The molecule has 13 nitrogen and oxygen atoms in total. The van der Waals surface area contributed by atoms with Gasteiger partial charge in [-0.3, -0.25) is 28.8 Å². The minimum absolute atomic E-state index is 0.0313. The van der Waals surface area contributed by atoms with Crippen LogP contribution >= 0.6 is 0 Å². The van der Waals surface area contributed by atoms with Crippen LogP contribution in [0.1, 0.15) is 33.1 Å². The van der Waals surface area contributed by atoms with Crippen molar-refractivity contribution in [2.45, 2.75) is 44.7 Å². The molecule has 1 heterocycles. The molecule has 0 radical (unpaired) electrons. The fourth-order valence-corrected chi connectivity index (χ4v) is 5.34. The molecule has 3 N–H and O–H groups in total. The third kappa shape index (κ3) is 6.16. The Kier molecular flexibility index (Phi) is 8.60. The number of nitrogens with zero attached hydrogens (tertiary/aromatic N) is 3. The number of carboxylic acid groups (broad SMARTS) is 1. The third-order valence-corrected chi connectivity index (χ3v) is 7.63. The summed E-state index contributed by atoms with van der Waals surface area (Å²) in [7, 11) is 0. The lowest BCUT2D eigenvalue weighted by Crippen LogP contribution is -2.54. The molecule has 0 aromatic carbocycles. The number of nitroso groups, excluding NO2 is 1. The molecule has 41 heavy (non-hydrogen) atoms. The Morgan fingerprint density at radius 3 is 2.56 bits per heavy atom. The van der Waals surface area contributed by atoms with E-state index in [0.717, 1.165) is 0 Å². The molecule has 4 atom stereocenters. The van der Waals surface area contributed by atoms with Crippen LogP contribution in [0.15, 0.2) is 58.3 Å². The normalized spacial score (nSPS) is 26.6. The van der Waals surface area contributed by atoms with Crippen LogP contribution < -0.4 is 10.6 Å².